The van der Waals surface area contributed by atoms with Crippen LogP contribution in [0.1, 0.15) is 30.8 Å². The maximum atomic E-state index is 5.60. The van der Waals surface area contributed by atoms with Gasteiger partial charge in [0.05, 0.1) is 0 Å². The Morgan fingerprint density at radius 3 is 2.65 bits per heavy atom. The summed E-state index contributed by atoms with van der Waals surface area (Å²) in [6.45, 7) is 10.2. The average molecular weight is 274 g/mol. The van der Waals surface area contributed by atoms with Crippen LogP contribution in [0, 0.1) is 19.8 Å². The van der Waals surface area contributed by atoms with Crippen LogP contribution in [0.3, 0.4) is 0 Å². The molecular formula is C15H22N4O. The van der Waals surface area contributed by atoms with E-state index in [9.17, 15) is 0 Å². The summed E-state index contributed by atoms with van der Waals surface area (Å²) in [6.07, 6.45) is 0. The monoisotopic (exact) mass is 274 g/mol. The molecule has 0 aromatic carbocycles. The highest BCUT2D eigenvalue weighted by Gasteiger charge is 2.06. The van der Waals surface area contributed by atoms with Gasteiger partial charge in [0, 0.05) is 30.1 Å². The van der Waals surface area contributed by atoms with E-state index in [0.717, 1.165) is 24.5 Å². The van der Waals surface area contributed by atoms with Crippen LogP contribution in [-0.2, 0) is 6.54 Å². The molecule has 0 saturated carbocycles. The smallest absolute Gasteiger partial charge is 0.240 e. The first-order valence-corrected chi connectivity index (χ1v) is 6.91. The number of ether oxygens (including phenoxy) is 1. The Bertz CT molecular complexity index is 563. The summed E-state index contributed by atoms with van der Waals surface area (Å²) >= 11 is 0. The van der Waals surface area contributed by atoms with Gasteiger partial charge in [-0.1, -0.05) is 19.9 Å². The lowest BCUT2D eigenvalue weighted by Gasteiger charge is -2.10. The van der Waals surface area contributed by atoms with Crippen LogP contribution in [0.15, 0.2) is 18.2 Å². The number of hydrogen-bond donors (Lipinski definition) is 2. The van der Waals surface area contributed by atoms with Crippen molar-refractivity contribution in [3.8, 4) is 11.8 Å². The molecule has 5 nitrogen and oxygen atoms in total. The van der Waals surface area contributed by atoms with Gasteiger partial charge >= 0.3 is 0 Å². The molecule has 20 heavy (non-hydrogen) atoms. The molecule has 0 radical (unpaired) electrons. The van der Waals surface area contributed by atoms with Crippen LogP contribution in [0.5, 0.6) is 11.8 Å². The van der Waals surface area contributed by atoms with Crippen molar-refractivity contribution < 1.29 is 4.74 Å². The van der Waals surface area contributed by atoms with Gasteiger partial charge in [0.1, 0.15) is 0 Å². The zero-order chi connectivity index (χ0) is 14.5. The minimum absolute atomic E-state index is 0.542. The first-order chi connectivity index (χ1) is 9.54. The van der Waals surface area contributed by atoms with Crippen molar-refractivity contribution in [2.45, 2.75) is 34.2 Å². The SMILES string of the molecule is Cc1cc(Oc2ccc(CNCC(C)C)c(C)n2)n[nH]1. The number of nitrogens with zero attached hydrogens (tertiary/aromatic N) is 2. The quantitative estimate of drug-likeness (QED) is 0.850. The Morgan fingerprint density at radius 1 is 1.25 bits per heavy atom. The van der Waals surface area contributed by atoms with Crippen LogP contribution < -0.4 is 10.1 Å². The summed E-state index contributed by atoms with van der Waals surface area (Å²) in [5.41, 5.74) is 3.13. The van der Waals surface area contributed by atoms with Gasteiger partial charge in [0.25, 0.3) is 0 Å². The minimum Gasteiger partial charge on any atom is -0.419 e. The molecular weight excluding hydrogens is 252 g/mol. The van der Waals surface area contributed by atoms with Crippen LogP contribution in [0.4, 0.5) is 0 Å². The van der Waals surface area contributed by atoms with E-state index in [4.69, 9.17) is 4.74 Å². The molecule has 2 heterocycles. The van der Waals surface area contributed by atoms with E-state index in [2.05, 4.69) is 34.3 Å². The molecule has 0 atom stereocenters. The Hall–Kier alpha value is -1.88. The van der Waals surface area contributed by atoms with E-state index in [1.807, 2.05) is 32.0 Å². The summed E-state index contributed by atoms with van der Waals surface area (Å²) in [5, 5.41) is 10.3. The van der Waals surface area contributed by atoms with Crippen LogP contribution in [-0.4, -0.2) is 21.7 Å². The summed E-state index contributed by atoms with van der Waals surface area (Å²) in [4.78, 5) is 4.46. The Morgan fingerprint density at radius 2 is 2.05 bits per heavy atom. The van der Waals surface area contributed by atoms with Gasteiger partial charge < -0.3 is 10.1 Å². The number of pyridine rings is 1. The van der Waals surface area contributed by atoms with E-state index in [1.54, 1.807) is 0 Å². The van der Waals surface area contributed by atoms with E-state index in [1.165, 1.54) is 5.56 Å². The van der Waals surface area contributed by atoms with Gasteiger partial charge in [-0.3, -0.25) is 5.10 Å². The highest BCUT2D eigenvalue weighted by Crippen LogP contribution is 2.19. The first kappa shape index (κ1) is 14.5. The molecule has 0 aliphatic carbocycles. The van der Waals surface area contributed by atoms with Crippen molar-refractivity contribution in [1.82, 2.24) is 20.5 Å². The largest absolute Gasteiger partial charge is 0.419 e. The highest BCUT2D eigenvalue weighted by atomic mass is 16.5. The summed E-state index contributed by atoms with van der Waals surface area (Å²) < 4.78 is 5.60. The highest BCUT2D eigenvalue weighted by molar-refractivity contribution is 5.27. The predicted molar refractivity (Wildman–Crippen MR) is 78.9 cm³/mol. The molecule has 2 N–H and O–H groups in total. The van der Waals surface area contributed by atoms with Crippen molar-refractivity contribution in [3.05, 3.63) is 35.2 Å². The average Bonchev–Trinajstić information content (AvgIpc) is 2.77. The molecule has 5 heteroatoms. The van der Waals surface area contributed by atoms with E-state index >= 15 is 0 Å². The number of aromatic nitrogens is 3. The molecule has 0 aliphatic heterocycles. The number of nitrogens with one attached hydrogen (secondary N) is 2. The normalized spacial score (nSPS) is 11.1. The molecule has 108 valence electrons. The van der Waals surface area contributed by atoms with Crippen LogP contribution >= 0.6 is 0 Å². The van der Waals surface area contributed by atoms with Gasteiger partial charge in [-0.05, 0) is 31.9 Å². The van der Waals surface area contributed by atoms with E-state index in [0.29, 0.717) is 17.7 Å². The third-order valence-electron chi connectivity index (χ3n) is 2.93. The van der Waals surface area contributed by atoms with E-state index < -0.39 is 0 Å². The maximum Gasteiger partial charge on any atom is 0.240 e. The maximum absolute atomic E-state index is 5.60. The number of aromatic amines is 1. The molecule has 0 saturated heterocycles. The van der Waals surface area contributed by atoms with Gasteiger partial charge in [0.15, 0.2) is 0 Å². The van der Waals surface area contributed by atoms with Gasteiger partial charge in [-0.25, -0.2) is 4.98 Å². The van der Waals surface area contributed by atoms with Crippen molar-refractivity contribution in [2.24, 2.45) is 5.92 Å². The second-order valence-corrected chi connectivity index (χ2v) is 5.41. The van der Waals surface area contributed by atoms with Crippen molar-refractivity contribution >= 4 is 0 Å². The zero-order valence-corrected chi connectivity index (χ0v) is 12.5. The Kier molecular flexibility index (Phi) is 4.74. The lowest BCUT2D eigenvalue weighted by molar-refractivity contribution is 0.441. The molecule has 2 rings (SSSR count). The number of hydrogen-bond acceptors (Lipinski definition) is 4. The molecule has 0 amide bonds. The second kappa shape index (κ2) is 6.52. The number of H-pyrrole nitrogens is 1. The molecule has 0 bridgehead atoms. The zero-order valence-electron chi connectivity index (χ0n) is 12.5. The Labute approximate surface area is 119 Å². The Balaban J connectivity index is 1.98. The number of rotatable bonds is 6. The third-order valence-corrected chi connectivity index (χ3v) is 2.93. The summed E-state index contributed by atoms with van der Waals surface area (Å²) in [5.74, 6) is 1.76. The standard InChI is InChI=1S/C15H22N4O/c1-10(2)8-16-9-13-5-6-14(17-12(13)4)20-15-7-11(3)18-19-15/h5-7,10,16H,8-9H2,1-4H3,(H,18,19). The lowest BCUT2D eigenvalue weighted by Crippen LogP contribution is -2.19. The predicted octanol–water partition coefficient (Wildman–Crippen LogP) is 2.96. The second-order valence-electron chi connectivity index (χ2n) is 5.41. The summed E-state index contributed by atoms with van der Waals surface area (Å²) in [7, 11) is 0. The fourth-order valence-corrected chi connectivity index (χ4v) is 1.86. The molecule has 0 fully saturated rings. The topological polar surface area (TPSA) is 62.8 Å². The fraction of sp³-hybridized carbons (Fsp3) is 0.467. The van der Waals surface area contributed by atoms with Crippen molar-refractivity contribution in [2.75, 3.05) is 6.54 Å². The van der Waals surface area contributed by atoms with Gasteiger partial charge in [-0.15, -0.1) is 5.10 Å². The third kappa shape index (κ3) is 4.06. The van der Waals surface area contributed by atoms with E-state index in [-0.39, 0.29) is 0 Å². The first-order valence-electron chi connectivity index (χ1n) is 6.91. The van der Waals surface area contributed by atoms with Crippen LogP contribution in [0.25, 0.3) is 0 Å². The summed E-state index contributed by atoms with van der Waals surface area (Å²) in [6, 6.07) is 5.77. The van der Waals surface area contributed by atoms with Crippen molar-refractivity contribution in [1.29, 1.82) is 0 Å². The molecule has 0 spiro atoms. The minimum atomic E-state index is 0.542. The number of aryl methyl sites for hydroxylation is 2. The fourth-order valence-electron chi connectivity index (χ4n) is 1.86. The van der Waals surface area contributed by atoms with Crippen molar-refractivity contribution in [3.63, 3.8) is 0 Å². The van der Waals surface area contributed by atoms with Gasteiger partial charge in [0.2, 0.25) is 11.8 Å². The van der Waals surface area contributed by atoms with Crippen LogP contribution in [0.2, 0.25) is 0 Å². The molecule has 2 aromatic rings. The van der Waals surface area contributed by atoms with Gasteiger partial charge in [-0.2, -0.15) is 0 Å². The molecule has 0 aliphatic rings. The lowest BCUT2D eigenvalue weighted by atomic mass is 10.2. The molecule has 2 aromatic heterocycles. The molecule has 0 unspecified atom stereocenters.